The zero-order valence-electron chi connectivity index (χ0n) is 33.3. The molecule has 0 atom stereocenters. The number of fused-ring (bicyclic) bond motifs is 8. The van der Waals surface area contributed by atoms with Crippen LogP contribution in [-0.2, 0) is 0 Å². The summed E-state index contributed by atoms with van der Waals surface area (Å²) in [5, 5.41) is 23.1. The molecule has 3 nitrogen and oxygen atoms in total. The van der Waals surface area contributed by atoms with Gasteiger partial charge in [0.25, 0.3) is 0 Å². The van der Waals surface area contributed by atoms with Crippen LogP contribution in [0.3, 0.4) is 0 Å². The molecule has 0 amide bonds. The second-order valence-corrected chi connectivity index (χ2v) is 16.1. The molecule has 13 aromatic carbocycles. The second kappa shape index (κ2) is 12.2. The maximum Gasteiger partial charge on any atom is 0.118 e. The molecular weight excluding hydrogens is 733 g/mol. The zero-order chi connectivity index (χ0) is 39.8. The molecule has 0 bridgehead atoms. The summed E-state index contributed by atoms with van der Waals surface area (Å²) in [5.41, 5.74) is 7.27. The van der Waals surface area contributed by atoms with Crippen molar-refractivity contribution < 1.29 is 14.2 Å². The summed E-state index contributed by atoms with van der Waals surface area (Å²) in [4.78, 5) is 0. The fourth-order valence-corrected chi connectivity index (χ4v) is 10.9. The van der Waals surface area contributed by atoms with Gasteiger partial charge >= 0.3 is 0 Å². The molecule has 0 aliphatic carbocycles. The van der Waals surface area contributed by atoms with Crippen LogP contribution in [0.1, 0.15) is 0 Å². The molecule has 282 valence electrons. The van der Waals surface area contributed by atoms with E-state index in [0.29, 0.717) is 0 Å². The molecule has 0 saturated heterocycles. The number of benzene rings is 11. The number of methoxy groups -OCH3 is 3. The van der Waals surface area contributed by atoms with Crippen molar-refractivity contribution in [1.29, 1.82) is 0 Å². The predicted octanol–water partition coefficient (Wildman–Crippen LogP) is 15.4. The molecule has 13 aromatic rings. The Balaban J connectivity index is 1.25. The van der Waals surface area contributed by atoms with Crippen LogP contribution in [0.5, 0.6) is 17.2 Å². The Hall–Kier alpha value is -7.62. The first-order valence-corrected chi connectivity index (χ1v) is 20.5. The molecule has 3 heteroatoms. The van der Waals surface area contributed by atoms with Gasteiger partial charge in [0.1, 0.15) is 17.2 Å². The van der Waals surface area contributed by atoms with Crippen molar-refractivity contribution >= 4 is 97.0 Å². The van der Waals surface area contributed by atoms with Gasteiger partial charge in [-0.1, -0.05) is 127 Å². The van der Waals surface area contributed by atoms with E-state index >= 15 is 0 Å². The fraction of sp³-hybridized carbons (Fsp3) is 0.0526. The summed E-state index contributed by atoms with van der Waals surface area (Å²) in [5.74, 6) is 2.55. The lowest BCUT2D eigenvalue weighted by Crippen LogP contribution is -1.89. The highest BCUT2D eigenvalue weighted by Crippen LogP contribution is 2.57. The molecule has 60 heavy (non-hydrogen) atoms. The van der Waals surface area contributed by atoms with Gasteiger partial charge < -0.3 is 14.2 Å². The monoisotopic (exact) mass is 768 g/mol. The zero-order valence-corrected chi connectivity index (χ0v) is 33.3. The highest BCUT2D eigenvalue weighted by molar-refractivity contribution is 6.49. The van der Waals surface area contributed by atoms with E-state index in [2.05, 4.69) is 152 Å². The Morgan fingerprint density at radius 3 is 1.10 bits per heavy atom. The van der Waals surface area contributed by atoms with Crippen LogP contribution in [0, 0.1) is 0 Å². The van der Waals surface area contributed by atoms with Gasteiger partial charge in [-0.2, -0.15) is 0 Å². The molecule has 0 aromatic heterocycles. The van der Waals surface area contributed by atoms with E-state index in [4.69, 9.17) is 14.2 Å². The first kappa shape index (κ1) is 33.4. The Bertz CT molecular complexity index is 3660. The summed E-state index contributed by atoms with van der Waals surface area (Å²) in [6.45, 7) is 0. The van der Waals surface area contributed by atoms with Crippen molar-refractivity contribution in [3.05, 3.63) is 164 Å². The van der Waals surface area contributed by atoms with Crippen molar-refractivity contribution in [2.24, 2.45) is 0 Å². The maximum absolute atomic E-state index is 5.70. The Kier molecular flexibility index (Phi) is 6.78. The third kappa shape index (κ3) is 4.28. The molecule has 0 N–H and O–H groups in total. The van der Waals surface area contributed by atoms with Crippen molar-refractivity contribution in [3.8, 4) is 50.6 Å². The minimum atomic E-state index is 0.845. The highest BCUT2D eigenvalue weighted by atomic mass is 16.5. The summed E-state index contributed by atoms with van der Waals surface area (Å²) in [6, 6.07) is 60.4. The first-order valence-electron chi connectivity index (χ1n) is 20.5. The van der Waals surface area contributed by atoms with Gasteiger partial charge in [0.15, 0.2) is 0 Å². The van der Waals surface area contributed by atoms with Crippen LogP contribution in [0.2, 0.25) is 0 Å². The van der Waals surface area contributed by atoms with Crippen LogP contribution in [0.15, 0.2) is 164 Å². The molecular formula is C57H36O3. The summed E-state index contributed by atoms with van der Waals surface area (Å²) < 4.78 is 16.9. The molecule has 0 fully saturated rings. The van der Waals surface area contributed by atoms with E-state index in [1.54, 1.807) is 21.3 Å². The van der Waals surface area contributed by atoms with Crippen LogP contribution in [-0.4, -0.2) is 21.3 Å². The Labute approximate surface area is 345 Å². The number of hydrogen-bond acceptors (Lipinski definition) is 3. The number of hydrogen-bond donors (Lipinski definition) is 0. The highest BCUT2D eigenvalue weighted by Gasteiger charge is 2.29. The average molecular weight is 769 g/mol. The van der Waals surface area contributed by atoms with Crippen molar-refractivity contribution in [3.63, 3.8) is 0 Å². The van der Waals surface area contributed by atoms with Gasteiger partial charge in [-0.15, -0.1) is 0 Å². The van der Waals surface area contributed by atoms with Gasteiger partial charge in [-0.3, -0.25) is 0 Å². The lowest BCUT2D eigenvalue weighted by atomic mass is 9.86. The topological polar surface area (TPSA) is 27.7 Å². The molecule has 0 aliphatic rings. The number of rotatable bonds is 6. The van der Waals surface area contributed by atoms with Crippen molar-refractivity contribution in [2.75, 3.05) is 21.3 Å². The molecule has 0 saturated carbocycles. The first-order chi connectivity index (χ1) is 29.6. The third-order valence-electron chi connectivity index (χ3n) is 13.4. The van der Waals surface area contributed by atoms with Gasteiger partial charge in [0, 0.05) is 0 Å². The number of ether oxygens (including phenoxy) is 3. The lowest BCUT2D eigenvalue weighted by molar-refractivity contribution is 0.415. The smallest absolute Gasteiger partial charge is 0.118 e. The van der Waals surface area contributed by atoms with E-state index in [0.717, 1.165) is 17.2 Å². The standard InChI is InChI=1S/C57H36O3/c1-58-35-19-13-31(14-20-35)38-25-26-41-43-28-30-47-53-46(29-27-42(52(43)53)40-10-6-9-39(38)51(40)41)56-49(33-15-21-36(59-2)22-16-33)54-44-11-4-7-32-8-5-12-45(48(32)44)55(54)50(57(47)56)34-17-23-37(60-3)24-18-34/h4-30H,1-3H3. The SMILES string of the molecule is COc1ccc(-c2ccc3c4ccc5c6c(-c7ccc(OC)cc7)c7c8cccc9cccc(c7c(-c7ccc(OC)cc7)c6c6ccc(c7cccc2c73)c4c65)c98)cc1. The normalized spacial score (nSPS) is 12.2. The van der Waals surface area contributed by atoms with Gasteiger partial charge in [-0.25, -0.2) is 0 Å². The van der Waals surface area contributed by atoms with E-state index in [-0.39, 0.29) is 0 Å². The largest absolute Gasteiger partial charge is 0.497 e. The average Bonchev–Trinajstić information content (AvgIpc) is 3.83. The fourth-order valence-electron chi connectivity index (χ4n) is 10.9. The lowest BCUT2D eigenvalue weighted by Gasteiger charge is -2.17. The molecule has 13 rings (SSSR count). The summed E-state index contributed by atoms with van der Waals surface area (Å²) >= 11 is 0. The molecule has 0 spiro atoms. The molecule has 0 unspecified atom stereocenters. The minimum Gasteiger partial charge on any atom is -0.497 e. The molecule has 0 heterocycles. The Morgan fingerprint density at radius 2 is 0.600 bits per heavy atom. The molecule has 0 radical (unpaired) electrons. The maximum atomic E-state index is 5.70. The van der Waals surface area contributed by atoms with E-state index in [1.807, 2.05) is 12.1 Å². The van der Waals surface area contributed by atoms with Gasteiger partial charge in [0.05, 0.1) is 21.3 Å². The van der Waals surface area contributed by atoms with E-state index < -0.39 is 0 Å². The van der Waals surface area contributed by atoms with Crippen LogP contribution >= 0.6 is 0 Å². The third-order valence-corrected chi connectivity index (χ3v) is 13.4. The Morgan fingerprint density at radius 1 is 0.250 bits per heavy atom. The van der Waals surface area contributed by atoms with Crippen molar-refractivity contribution in [2.45, 2.75) is 0 Å². The second-order valence-electron chi connectivity index (χ2n) is 16.1. The van der Waals surface area contributed by atoms with Crippen molar-refractivity contribution in [1.82, 2.24) is 0 Å². The van der Waals surface area contributed by atoms with Crippen LogP contribution in [0.25, 0.3) is 130 Å². The van der Waals surface area contributed by atoms with Crippen LogP contribution in [0.4, 0.5) is 0 Å². The van der Waals surface area contributed by atoms with Gasteiger partial charge in [0.2, 0.25) is 0 Å². The predicted molar refractivity (Wildman–Crippen MR) is 254 cm³/mol. The summed E-state index contributed by atoms with van der Waals surface area (Å²) in [7, 11) is 5.19. The quantitative estimate of drug-likeness (QED) is 0.125. The van der Waals surface area contributed by atoms with Crippen LogP contribution < -0.4 is 14.2 Å². The van der Waals surface area contributed by atoms with E-state index in [1.165, 1.54) is 130 Å². The molecule has 0 aliphatic heterocycles. The van der Waals surface area contributed by atoms with Gasteiger partial charge in [-0.05, 0) is 167 Å². The minimum absolute atomic E-state index is 0.845. The summed E-state index contributed by atoms with van der Waals surface area (Å²) in [6.07, 6.45) is 0. The van der Waals surface area contributed by atoms with E-state index in [9.17, 15) is 0 Å².